The van der Waals surface area contributed by atoms with Crippen LogP contribution in [0.4, 0.5) is 0 Å². The molecule has 6 heteroatoms. The molecule has 4 heterocycles. The van der Waals surface area contributed by atoms with Crippen molar-refractivity contribution in [3.05, 3.63) is 146 Å². The van der Waals surface area contributed by atoms with Crippen LogP contribution in [0.2, 0.25) is 0 Å². The van der Waals surface area contributed by atoms with Crippen LogP contribution in [0.5, 0.6) is 0 Å². The Morgan fingerprint density at radius 3 is 2.27 bits per heavy atom. The molecule has 0 bridgehead atoms. The van der Waals surface area contributed by atoms with Gasteiger partial charge in [-0.25, -0.2) is 4.98 Å². The van der Waals surface area contributed by atoms with Gasteiger partial charge in [0.15, 0.2) is 5.65 Å². The van der Waals surface area contributed by atoms with Crippen LogP contribution in [0, 0.1) is 12.1 Å². The molecule has 0 N–H and O–H groups in total. The maximum atomic E-state index is 6.22. The van der Waals surface area contributed by atoms with Gasteiger partial charge in [0.2, 0.25) is 0 Å². The minimum absolute atomic E-state index is 0. The van der Waals surface area contributed by atoms with Crippen molar-refractivity contribution in [3.8, 4) is 28.3 Å². The summed E-state index contributed by atoms with van der Waals surface area (Å²) in [7, 11) is 0. The molecule has 4 aromatic heterocycles. The standard InChI is InChI=1S/C24H14N3O.C11H8N.Ir/c1-2-8-16(9-3-1)27-20-13-7-15-25-23(20)26-24(27)19-12-6-11-18-17-10-4-5-14-21(17)28-22(18)19;1-2-6-10(7-3-1)11-8-4-5-9-12-11;/h1-11,13-15H;1-6,8-9H;/q2*-1;. The van der Waals surface area contributed by atoms with E-state index in [0.717, 1.165) is 55.8 Å². The molecule has 0 aliphatic carbocycles. The van der Waals surface area contributed by atoms with Crippen molar-refractivity contribution >= 4 is 33.1 Å². The second-order valence-electron chi connectivity index (χ2n) is 9.14. The number of rotatable bonds is 3. The quantitative estimate of drug-likeness (QED) is 0.174. The van der Waals surface area contributed by atoms with Crippen LogP contribution < -0.4 is 0 Å². The zero-order chi connectivity index (χ0) is 26.7. The van der Waals surface area contributed by atoms with E-state index < -0.39 is 0 Å². The molecule has 0 amide bonds. The maximum Gasteiger partial charge on any atom is 0.168 e. The number of hydrogen-bond acceptors (Lipinski definition) is 4. The maximum absolute atomic E-state index is 6.22. The molecule has 41 heavy (non-hydrogen) atoms. The first-order valence-electron chi connectivity index (χ1n) is 13.0. The minimum Gasteiger partial charge on any atom is -0.501 e. The molecule has 199 valence electrons. The van der Waals surface area contributed by atoms with Gasteiger partial charge in [0, 0.05) is 43.6 Å². The van der Waals surface area contributed by atoms with E-state index in [2.05, 4.69) is 44.9 Å². The van der Waals surface area contributed by atoms with E-state index in [-0.39, 0.29) is 20.1 Å². The zero-order valence-electron chi connectivity index (χ0n) is 21.7. The van der Waals surface area contributed by atoms with Gasteiger partial charge in [-0.1, -0.05) is 59.5 Å². The van der Waals surface area contributed by atoms with E-state index in [4.69, 9.17) is 9.40 Å². The summed E-state index contributed by atoms with van der Waals surface area (Å²) < 4.78 is 8.33. The van der Waals surface area contributed by atoms with Crippen molar-refractivity contribution in [2.45, 2.75) is 0 Å². The summed E-state index contributed by atoms with van der Waals surface area (Å²) in [5.74, 6) is 0.768. The van der Waals surface area contributed by atoms with Gasteiger partial charge in [-0.2, -0.15) is 0 Å². The van der Waals surface area contributed by atoms with Crippen LogP contribution in [0.15, 0.2) is 138 Å². The van der Waals surface area contributed by atoms with Crippen LogP contribution in [0.3, 0.4) is 0 Å². The van der Waals surface area contributed by atoms with Crippen molar-refractivity contribution in [1.82, 2.24) is 19.5 Å². The van der Waals surface area contributed by atoms with Gasteiger partial charge in [-0.15, -0.1) is 54.1 Å². The predicted octanol–water partition coefficient (Wildman–Crippen LogP) is 8.33. The molecule has 0 spiro atoms. The van der Waals surface area contributed by atoms with Crippen molar-refractivity contribution in [2.24, 2.45) is 0 Å². The second-order valence-corrected chi connectivity index (χ2v) is 9.14. The molecule has 8 aromatic rings. The number of hydrogen-bond donors (Lipinski definition) is 0. The molecule has 4 aromatic carbocycles. The number of nitrogens with zero attached hydrogens (tertiary/aromatic N) is 4. The Bertz CT molecular complexity index is 2020. The average Bonchev–Trinajstić information content (AvgIpc) is 3.62. The zero-order valence-corrected chi connectivity index (χ0v) is 24.1. The largest absolute Gasteiger partial charge is 0.501 e. The molecule has 0 fully saturated rings. The van der Waals surface area contributed by atoms with Gasteiger partial charge in [-0.3, -0.25) is 4.98 Å². The monoisotopic (exact) mass is 707 g/mol. The fourth-order valence-electron chi connectivity index (χ4n) is 4.85. The Morgan fingerprint density at radius 2 is 1.44 bits per heavy atom. The molecular weight excluding hydrogens is 685 g/mol. The molecule has 0 saturated carbocycles. The Balaban J connectivity index is 0.000000196. The van der Waals surface area contributed by atoms with Gasteiger partial charge >= 0.3 is 0 Å². The van der Waals surface area contributed by atoms with E-state index in [1.807, 2.05) is 103 Å². The van der Waals surface area contributed by atoms with E-state index in [9.17, 15) is 0 Å². The Morgan fingerprint density at radius 1 is 0.634 bits per heavy atom. The third-order valence-corrected chi connectivity index (χ3v) is 6.66. The fourth-order valence-corrected chi connectivity index (χ4v) is 4.85. The molecule has 0 saturated heterocycles. The third-order valence-electron chi connectivity index (χ3n) is 6.66. The van der Waals surface area contributed by atoms with Crippen molar-refractivity contribution in [1.29, 1.82) is 0 Å². The molecule has 0 aliphatic heterocycles. The van der Waals surface area contributed by atoms with Crippen molar-refractivity contribution in [2.75, 3.05) is 0 Å². The number of imidazole rings is 1. The minimum atomic E-state index is 0. The van der Waals surface area contributed by atoms with E-state index >= 15 is 0 Å². The topological polar surface area (TPSA) is 56.7 Å². The molecule has 0 unspecified atom stereocenters. The van der Waals surface area contributed by atoms with Crippen LogP contribution in [-0.2, 0) is 20.1 Å². The summed E-state index contributed by atoms with van der Waals surface area (Å²) >= 11 is 0. The van der Waals surface area contributed by atoms with Gasteiger partial charge < -0.3 is 14.0 Å². The predicted molar refractivity (Wildman–Crippen MR) is 159 cm³/mol. The molecular formula is C35H22IrN4O-2. The molecule has 0 aliphatic rings. The van der Waals surface area contributed by atoms with Crippen LogP contribution >= 0.6 is 0 Å². The second kappa shape index (κ2) is 11.7. The average molecular weight is 707 g/mol. The summed E-state index contributed by atoms with van der Waals surface area (Å²) in [6.45, 7) is 0. The van der Waals surface area contributed by atoms with Crippen LogP contribution in [0.1, 0.15) is 0 Å². The number of fused-ring (bicyclic) bond motifs is 4. The van der Waals surface area contributed by atoms with Crippen molar-refractivity contribution in [3.63, 3.8) is 0 Å². The molecule has 1 radical (unpaired) electrons. The van der Waals surface area contributed by atoms with E-state index in [1.165, 1.54) is 0 Å². The Hall–Kier alpha value is -4.90. The number of aromatic nitrogens is 4. The molecule has 0 atom stereocenters. The van der Waals surface area contributed by atoms with Crippen molar-refractivity contribution < 1.29 is 24.5 Å². The Labute approximate surface area is 250 Å². The number of benzene rings is 4. The summed E-state index contributed by atoms with van der Waals surface area (Å²) in [6.07, 6.45) is 3.55. The normalized spacial score (nSPS) is 10.7. The first kappa shape index (κ1) is 26.3. The van der Waals surface area contributed by atoms with Gasteiger partial charge in [-0.05, 0) is 42.1 Å². The number of furan rings is 1. The fraction of sp³-hybridized carbons (Fsp3) is 0. The summed E-state index contributed by atoms with van der Waals surface area (Å²) in [6, 6.07) is 46.4. The third kappa shape index (κ3) is 5.07. The summed E-state index contributed by atoms with van der Waals surface area (Å²) in [4.78, 5) is 13.5. The smallest absolute Gasteiger partial charge is 0.168 e. The summed E-state index contributed by atoms with van der Waals surface area (Å²) in [5, 5.41) is 2.15. The first-order chi connectivity index (χ1) is 19.9. The summed E-state index contributed by atoms with van der Waals surface area (Å²) in [5.41, 5.74) is 7.16. The Kier molecular flexibility index (Phi) is 7.50. The number of pyridine rings is 2. The first-order valence-corrected chi connectivity index (χ1v) is 13.0. The van der Waals surface area contributed by atoms with Gasteiger partial charge in [0.05, 0.1) is 16.9 Å². The number of para-hydroxylation sites is 2. The molecule has 8 rings (SSSR count). The van der Waals surface area contributed by atoms with Gasteiger partial charge in [0.25, 0.3) is 0 Å². The van der Waals surface area contributed by atoms with E-state index in [0.29, 0.717) is 5.65 Å². The SMILES string of the molecule is [Ir].[c-]1ccc2c(oc3ccccc32)c1-c1nc2ncccc2n1-c1ccccc1.[c-]1ccccc1-c1ccccn1. The van der Waals surface area contributed by atoms with Crippen LogP contribution in [-0.4, -0.2) is 19.5 Å². The molecule has 5 nitrogen and oxygen atoms in total. The van der Waals surface area contributed by atoms with Crippen LogP contribution in [0.25, 0.3) is 61.4 Å². The van der Waals surface area contributed by atoms with Gasteiger partial charge in [0.1, 0.15) is 5.58 Å². The van der Waals surface area contributed by atoms with E-state index in [1.54, 1.807) is 12.4 Å².